The highest BCUT2D eigenvalue weighted by molar-refractivity contribution is 5.41. The van der Waals surface area contributed by atoms with E-state index in [0.29, 0.717) is 28.8 Å². The molecule has 0 radical (unpaired) electrons. The normalized spacial score (nSPS) is 10.5. The molecule has 0 saturated heterocycles. The monoisotopic (exact) mass is 291 g/mol. The van der Waals surface area contributed by atoms with Crippen LogP contribution in [0.15, 0.2) is 24.3 Å². The summed E-state index contributed by atoms with van der Waals surface area (Å²) in [5, 5.41) is 3.11. The minimum Gasteiger partial charge on any atom is -0.439 e. The van der Waals surface area contributed by atoms with Gasteiger partial charge in [0.05, 0.1) is 0 Å². The zero-order valence-electron chi connectivity index (χ0n) is 12.3. The van der Waals surface area contributed by atoms with E-state index >= 15 is 0 Å². The molecule has 0 spiro atoms. The standard InChI is InChI=1S/C15H18FN3O2/c1-4-17-13-8-15(19-14(18-13)9-20-3)21-12-6-5-11(16)7-10(12)2/h5-8H,4,9H2,1-3H3,(H,17,18,19). The number of benzene rings is 1. The third-order valence-corrected chi connectivity index (χ3v) is 2.73. The van der Waals surface area contributed by atoms with Crippen LogP contribution in [0.4, 0.5) is 10.2 Å². The van der Waals surface area contributed by atoms with Crippen molar-refractivity contribution in [1.82, 2.24) is 9.97 Å². The Morgan fingerprint density at radius 1 is 1.24 bits per heavy atom. The van der Waals surface area contributed by atoms with E-state index in [-0.39, 0.29) is 12.4 Å². The Bertz CT molecular complexity index is 596. The van der Waals surface area contributed by atoms with Crippen molar-refractivity contribution in [3.63, 3.8) is 0 Å². The summed E-state index contributed by atoms with van der Waals surface area (Å²) in [5.74, 6) is 1.83. The molecule has 0 aliphatic carbocycles. The zero-order chi connectivity index (χ0) is 15.2. The minimum absolute atomic E-state index is 0.290. The summed E-state index contributed by atoms with van der Waals surface area (Å²) in [7, 11) is 1.58. The number of hydrogen-bond donors (Lipinski definition) is 1. The van der Waals surface area contributed by atoms with Crippen molar-refractivity contribution in [3.05, 3.63) is 41.5 Å². The summed E-state index contributed by atoms with van der Waals surface area (Å²) >= 11 is 0. The number of rotatable bonds is 6. The summed E-state index contributed by atoms with van der Waals surface area (Å²) < 4.78 is 23.9. The minimum atomic E-state index is -0.295. The maximum atomic E-state index is 13.1. The van der Waals surface area contributed by atoms with E-state index in [1.54, 1.807) is 26.2 Å². The number of methoxy groups -OCH3 is 1. The second-order valence-electron chi connectivity index (χ2n) is 4.48. The molecule has 1 heterocycles. The maximum Gasteiger partial charge on any atom is 0.224 e. The molecule has 21 heavy (non-hydrogen) atoms. The molecule has 2 aromatic rings. The van der Waals surface area contributed by atoms with Crippen LogP contribution in [0.25, 0.3) is 0 Å². The van der Waals surface area contributed by atoms with Crippen molar-refractivity contribution in [2.24, 2.45) is 0 Å². The lowest BCUT2D eigenvalue weighted by Gasteiger charge is -2.11. The van der Waals surface area contributed by atoms with Crippen molar-refractivity contribution < 1.29 is 13.9 Å². The van der Waals surface area contributed by atoms with Crippen molar-refractivity contribution in [3.8, 4) is 11.6 Å². The number of halogens is 1. The molecule has 1 aromatic carbocycles. The Morgan fingerprint density at radius 2 is 2.05 bits per heavy atom. The van der Waals surface area contributed by atoms with Gasteiger partial charge >= 0.3 is 0 Å². The molecule has 2 rings (SSSR count). The number of nitrogens with one attached hydrogen (secondary N) is 1. The summed E-state index contributed by atoms with van der Waals surface area (Å²) in [4.78, 5) is 8.58. The number of ether oxygens (including phenoxy) is 2. The van der Waals surface area contributed by atoms with Gasteiger partial charge in [-0.3, -0.25) is 0 Å². The van der Waals surface area contributed by atoms with Gasteiger partial charge in [0.1, 0.15) is 24.0 Å². The van der Waals surface area contributed by atoms with Crippen LogP contribution in [0.5, 0.6) is 11.6 Å². The van der Waals surface area contributed by atoms with E-state index in [1.165, 1.54) is 12.1 Å². The molecule has 1 N–H and O–H groups in total. The van der Waals surface area contributed by atoms with Crippen LogP contribution < -0.4 is 10.1 Å². The summed E-state index contributed by atoms with van der Waals surface area (Å²) in [6.07, 6.45) is 0. The number of anilines is 1. The second kappa shape index (κ2) is 6.99. The van der Waals surface area contributed by atoms with E-state index in [2.05, 4.69) is 15.3 Å². The Hall–Kier alpha value is -2.21. The molecule has 112 valence electrons. The quantitative estimate of drug-likeness (QED) is 0.885. The number of nitrogens with zero attached hydrogens (tertiary/aromatic N) is 2. The number of aromatic nitrogens is 2. The van der Waals surface area contributed by atoms with E-state index in [4.69, 9.17) is 9.47 Å². The summed E-state index contributed by atoms with van der Waals surface area (Å²) in [6.45, 7) is 4.78. The molecule has 0 amide bonds. The lowest BCUT2D eigenvalue weighted by molar-refractivity contribution is 0.177. The molecule has 1 aromatic heterocycles. The van der Waals surface area contributed by atoms with Gasteiger partial charge in [-0.15, -0.1) is 0 Å². The first-order valence-corrected chi connectivity index (χ1v) is 6.67. The Balaban J connectivity index is 2.29. The molecular weight excluding hydrogens is 273 g/mol. The van der Waals surface area contributed by atoms with Crippen LogP contribution in [0.2, 0.25) is 0 Å². The number of aryl methyl sites for hydroxylation is 1. The van der Waals surface area contributed by atoms with Gasteiger partial charge in [0.25, 0.3) is 0 Å². The summed E-state index contributed by atoms with van der Waals surface area (Å²) in [6, 6.07) is 6.05. The Kier molecular flexibility index (Phi) is 5.05. The third-order valence-electron chi connectivity index (χ3n) is 2.73. The molecule has 0 saturated carbocycles. The molecule has 0 aliphatic heterocycles. The van der Waals surface area contributed by atoms with Crippen molar-refractivity contribution in [2.75, 3.05) is 19.0 Å². The summed E-state index contributed by atoms with van der Waals surface area (Å²) in [5.41, 5.74) is 0.701. The number of hydrogen-bond acceptors (Lipinski definition) is 5. The van der Waals surface area contributed by atoms with Gasteiger partial charge in [0.2, 0.25) is 5.88 Å². The molecule has 0 unspecified atom stereocenters. The first-order valence-electron chi connectivity index (χ1n) is 6.67. The van der Waals surface area contributed by atoms with Gasteiger partial charge in [-0.25, -0.2) is 9.37 Å². The highest BCUT2D eigenvalue weighted by atomic mass is 19.1. The van der Waals surface area contributed by atoms with Gasteiger partial charge in [-0.2, -0.15) is 4.98 Å². The molecule has 5 nitrogen and oxygen atoms in total. The van der Waals surface area contributed by atoms with E-state index in [0.717, 1.165) is 6.54 Å². The van der Waals surface area contributed by atoms with Crippen LogP contribution in [-0.4, -0.2) is 23.6 Å². The average Bonchev–Trinajstić information content (AvgIpc) is 2.42. The lowest BCUT2D eigenvalue weighted by atomic mass is 10.2. The van der Waals surface area contributed by atoms with Crippen LogP contribution in [0, 0.1) is 12.7 Å². The highest BCUT2D eigenvalue weighted by Crippen LogP contribution is 2.25. The van der Waals surface area contributed by atoms with E-state index in [9.17, 15) is 4.39 Å². The van der Waals surface area contributed by atoms with Gasteiger partial charge in [-0.05, 0) is 37.6 Å². The predicted molar refractivity (Wildman–Crippen MR) is 78.1 cm³/mol. The van der Waals surface area contributed by atoms with Crippen molar-refractivity contribution in [2.45, 2.75) is 20.5 Å². The molecular formula is C15H18FN3O2. The van der Waals surface area contributed by atoms with Gasteiger partial charge in [-0.1, -0.05) is 0 Å². The fraction of sp³-hybridized carbons (Fsp3) is 0.333. The Morgan fingerprint density at radius 3 is 2.71 bits per heavy atom. The topological polar surface area (TPSA) is 56.3 Å². The molecule has 0 aliphatic rings. The first kappa shape index (κ1) is 15.2. The van der Waals surface area contributed by atoms with Crippen molar-refractivity contribution in [1.29, 1.82) is 0 Å². The molecule has 0 atom stereocenters. The smallest absolute Gasteiger partial charge is 0.224 e. The maximum absolute atomic E-state index is 13.1. The van der Waals surface area contributed by atoms with Gasteiger partial charge < -0.3 is 14.8 Å². The van der Waals surface area contributed by atoms with E-state index in [1.807, 2.05) is 6.92 Å². The van der Waals surface area contributed by atoms with Crippen LogP contribution in [0.3, 0.4) is 0 Å². The molecule has 0 fully saturated rings. The third kappa shape index (κ3) is 4.13. The molecule has 0 bridgehead atoms. The van der Waals surface area contributed by atoms with E-state index < -0.39 is 0 Å². The Labute approximate surface area is 123 Å². The first-order chi connectivity index (χ1) is 10.1. The van der Waals surface area contributed by atoms with Crippen LogP contribution >= 0.6 is 0 Å². The van der Waals surface area contributed by atoms with Gasteiger partial charge in [0.15, 0.2) is 5.82 Å². The molecule has 6 heteroatoms. The fourth-order valence-electron chi connectivity index (χ4n) is 1.83. The average molecular weight is 291 g/mol. The lowest BCUT2D eigenvalue weighted by Crippen LogP contribution is -2.05. The predicted octanol–water partition coefficient (Wildman–Crippen LogP) is 3.29. The highest BCUT2D eigenvalue weighted by Gasteiger charge is 2.08. The zero-order valence-corrected chi connectivity index (χ0v) is 12.3. The second-order valence-corrected chi connectivity index (χ2v) is 4.48. The SMILES string of the molecule is CCNc1cc(Oc2ccc(F)cc2C)nc(COC)n1. The van der Waals surface area contributed by atoms with Crippen molar-refractivity contribution >= 4 is 5.82 Å². The fourth-order valence-corrected chi connectivity index (χ4v) is 1.83. The van der Waals surface area contributed by atoms with Gasteiger partial charge in [0, 0.05) is 19.7 Å². The van der Waals surface area contributed by atoms with Crippen LogP contribution in [-0.2, 0) is 11.3 Å². The van der Waals surface area contributed by atoms with Crippen LogP contribution in [0.1, 0.15) is 18.3 Å². The largest absolute Gasteiger partial charge is 0.439 e.